The lowest BCUT2D eigenvalue weighted by atomic mass is 10.2. The second-order valence-corrected chi connectivity index (χ2v) is 6.24. The highest BCUT2D eigenvalue weighted by Gasteiger charge is 2.12. The average molecular weight is 404 g/mol. The summed E-state index contributed by atoms with van der Waals surface area (Å²) >= 11 is 5.80. The Hall–Kier alpha value is -3.06. The third-order valence-electron chi connectivity index (χ3n) is 3.97. The number of carbonyl (C=O) groups excluding carboxylic acids is 3. The van der Waals surface area contributed by atoms with Crippen LogP contribution in [-0.4, -0.2) is 37.5 Å². The lowest BCUT2D eigenvalue weighted by Crippen LogP contribution is -2.43. The summed E-state index contributed by atoms with van der Waals surface area (Å²) in [6.07, 6.45) is 0. The summed E-state index contributed by atoms with van der Waals surface area (Å²) in [6.45, 7) is 5.31. The largest absolute Gasteiger partial charge is 0.452 e. The molecule has 0 bridgehead atoms. The topological polar surface area (TPSA) is 87.7 Å². The summed E-state index contributed by atoms with van der Waals surface area (Å²) in [4.78, 5) is 37.9. The van der Waals surface area contributed by atoms with E-state index < -0.39 is 24.4 Å². The maximum atomic E-state index is 12.1. The maximum absolute atomic E-state index is 12.1. The molecule has 148 valence electrons. The van der Waals surface area contributed by atoms with E-state index in [-0.39, 0.29) is 5.56 Å². The summed E-state index contributed by atoms with van der Waals surface area (Å²) in [6, 6.07) is 13.2. The zero-order valence-electron chi connectivity index (χ0n) is 15.7. The van der Waals surface area contributed by atoms with Crippen molar-refractivity contribution in [2.45, 2.75) is 13.8 Å². The van der Waals surface area contributed by atoms with Crippen LogP contribution in [0.25, 0.3) is 0 Å². The Kier molecular flexibility index (Phi) is 7.83. The summed E-state index contributed by atoms with van der Waals surface area (Å²) in [5.41, 5.74) is 6.13. The lowest BCUT2D eigenvalue weighted by Gasteiger charge is -2.21. The number of amides is 2. The first-order valence-corrected chi connectivity index (χ1v) is 9.19. The number of halogens is 1. The highest BCUT2D eigenvalue weighted by molar-refractivity contribution is 6.30. The first-order valence-electron chi connectivity index (χ1n) is 8.81. The number of hydrogen-bond donors (Lipinski definition) is 2. The van der Waals surface area contributed by atoms with Gasteiger partial charge in [-0.3, -0.25) is 20.4 Å². The summed E-state index contributed by atoms with van der Waals surface area (Å²) in [7, 11) is 0. The number of nitrogens with one attached hydrogen (secondary N) is 2. The second kappa shape index (κ2) is 10.3. The van der Waals surface area contributed by atoms with E-state index in [9.17, 15) is 14.4 Å². The Morgan fingerprint density at radius 3 is 2.25 bits per heavy atom. The highest BCUT2D eigenvalue weighted by atomic mass is 35.5. The first kappa shape index (κ1) is 21.2. The third kappa shape index (κ3) is 5.99. The van der Waals surface area contributed by atoms with Gasteiger partial charge in [0.15, 0.2) is 6.61 Å². The van der Waals surface area contributed by atoms with Crippen LogP contribution in [0.4, 0.5) is 5.69 Å². The van der Waals surface area contributed by atoms with Gasteiger partial charge in [0.25, 0.3) is 11.8 Å². The van der Waals surface area contributed by atoms with E-state index in [2.05, 4.69) is 29.6 Å². The Bertz CT molecular complexity index is 836. The fraction of sp³-hybridized carbons (Fsp3) is 0.250. The van der Waals surface area contributed by atoms with Crippen molar-refractivity contribution >= 4 is 35.1 Å². The molecule has 28 heavy (non-hydrogen) atoms. The monoisotopic (exact) mass is 403 g/mol. The molecule has 0 aromatic heterocycles. The first-order chi connectivity index (χ1) is 13.4. The standard InChI is InChI=1S/C20H22ClN3O4/c1-3-24(4-2)17-10-8-14(9-11-17)19(26)23-22-18(25)13-28-20(27)15-6-5-7-16(21)12-15/h5-12H,3-4,13H2,1-2H3,(H,22,25)(H,23,26). The smallest absolute Gasteiger partial charge is 0.338 e. The normalized spacial score (nSPS) is 10.1. The van der Waals surface area contributed by atoms with Crippen molar-refractivity contribution in [3.05, 3.63) is 64.7 Å². The number of esters is 1. The molecule has 2 aromatic carbocycles. The molecule has 2 N–H and O–H groups in total. The van der Waals surface area contributed by atoms with Gasteiger partial charge < -0.3 is 9.64 Å². The van der Waals surface area contributed by atoms with Gasteiger partial charge in [0, 0.05) is 29.4 Å². The van der Waals surface area contributed by atoms with Gasteiger partial charge in [0.2, 0.25) is 0 Å². The van der Waals surface area contributed by atoms with Crippen molar-refractivity contribution < 1.29 is 19.1 Å². The van der Waals surface area contributed by atoms with Gasteiger partial charge >= 0.3 is 5.97 Å². The van der Waals surface area contributed by atoms with Crippen LogP contribution in [0.3, 0.4) is 0 Å². The number of rotatable bonds is 7. The Labute approximate surface area is 168 Å². The zero-order valence-corrected chi connectivity index (χ0v) is 16.5. The fourth-order valence-corrected chi connectivity index (χ4v) is 2.67. The van der Waals surface area contributed by atoms with Crippen LogP contribution in [0, 0.1) is 0 Å². The Morgan fingerprint density at radius 2 is 1.64 bits per heavy atom. The minimum atomic E-state index is -0.684. The molecule has 0 atom stereocenters. The van der Waals surface area contributed by atoms with Crippen LogP contribution in [0.2, 0.25) is 5.02 Å². The lowest BCUT2D eigenvalue weighted by molar-refractivity contribution is -0.125. The molecular weight excluding hydrogens is 382 g/mol. The van der Waals surface area contributed by atoms with Crippen molar-refractivity contribution in [3.8, 4) is 0 Å². The van der Waals surface area contributed by atoms with Gasteiger partial charge in [-0.05, 0) is 56.3 Å². The van der Waals surface area contributed by atoms with E-state index in [1.165, 1.54) is 12.1 Å². The number of carbonyl (C=O) groups is 3. The molecule has 0 spiro atoms. The predicted molar refractivity (Wildman–Crippen MR) is 107 cm³/mol. The molecule has 0 saturated carbocycles. The van der Waals surface area contributed by atoms with E-state index in [0.717, 1.165) is 18.8 Å². The Balaban J connectivity index is 1.80. The predicted octanol–water partition coefficient (Wildman–Crippen LogP) is 2.80. The van der Waals surface area contributed by atoms with Crippen LogP contribution in [-0.2, 0) is 9.53 Å². The van der Waals surface area contributed by atoms with Gasteiger partial charge in [0.05, 0.1) is 5.56 Å². The molecule has 2 aromatic rings. The molecule has 0 unspecified atom stereocenters. The van der Waals surface area contributed by atoms with Gasteiger partial charge in [-0.25, -0.2) is 4.79 Å². The van der Waals surface area contributed by atoms with Crippen molar-refractivity contribution in [1.29, 1.82) is 0 Å². The van der Waals surface area contributed by atoms with E-state index in [0.29, 0.717) is 10.6 Å². The quantitative estimate of drug-likeness (QED) is 0.548. The minimum Gasteiger partial charge on any atom is -0.452 e. The van der Waals surface area contributed by atoms with E-state index >= 15 is 0 Å². The fourth-order valence-electron chi connectivity index (χ4n) is 2.48. The molecule has 7 nitrogen and oxygen atoms in total. The molecule has 8 heteroatoms. The summed E-state index contributed by atoms with van der Waals surface area (Å²) < 4.78 is 4.88. The van der Waals surface area contributed by atoms with Gasteiger partial charge in [-0.1, -0.05) is 17.7 Å². The minimum absolute atomic E-state index is 0.234. The number of hydrazine groups is 1. The number of anilines is 1. The van der Waals surface area contributed by atoms with E-state index in [1.807, 2.05) is 12.1 Å². The van der Waals surface area contributed by atoms with E-state index in [4.69, 9.17) is 16.3 Å². The number of ether oxygens (including phenoxy) is 1. The van der Waals surface area contributed by atoms with Crippen molar-refractivity contribution in [2.24, 2.45) is 0 Å². The maximum Gasteiger partial charge on any atom is 0.338 e. The molecule has 0 aliphatic rings. The SMILES string of the molecule is CCN(CC)c1ccc(C(=O)NNC(=O)COC(=O)c2cccc(Cl)c2)cc1. The molecule has 0 saturated heterocycles. The van der Waals surface area contributed by atoms with E-state index in [1.54, 1.807) is 24.3 Å². The average Bonchev–Trinajstić information content (AvgIpc) is 2.71. The van der Waals surface area contributed by atoms with Gasteiger partial charge in [-0.2, -0.15) is 0 Å². The van der Waals surface area contributed by atoms with Crippen molar-refractivity contribution in [2.75, 3.05) is 24.6 Å². The molecule has 0 aliphatic carbocycles. The van der Waals surface area contributed by atoms with Crippen molar-refractivity contribution in [1.82, 2.24) is 10.9 Å². The number of nitrogens with zero attached hydrogens (tertiary/aromatic N) is 1. The highest BCUT2D eigenvalue weighted by Crippen LogP contribution is 2.15. The van der Waals surface area contributed by atoms with Crippen LogP contribution < -0.4 is 15.8 Å². The molecule has 0 fully saturated rings. The molecule has 2 amide bonds. The zero-order chi connectivity index (χ0) is 20.5. The van der Waals surface area contributed by atoms with Crippen molar-refractivity contribution in [3.63, 3.8) is 0 Å². The molecule has 0 radical (unpaired) electrons. The molecule has 0 aliphatic heterocycles. The summed E-state index contributed by atoms with van der Waals surface area (Å²) in [5.74, 6) is -1.82. The molecular formula is C20H22ClN3O4. The van der Waals surface area contributed by atoms with Crippen LogP contribution in [0.1, 0.15) is 34.6 Å². The van der Waals surface area contributed by atoms with Gasteiger partial charge in [0.1, 0.15) is 0 Å². The number of hydrogen-bond acceptors (Lipinski definition) is 5. The number of benzene rings is 2. The Morgan fingerprint density at radius 1 is 0.964 bits per heavy atom. The van der Waals surface area contributed by atoms with Crippen LogP contribution >= 0.6 is 11.6 Å². The third-order valence-corrected chi connectivity index (χ3v) is 4.20. The van der Waals surface area contributed by atoms with Crippen LogP contribution in [0.15, 0.2) is 48.5 Å². The molecule has 2 rings (SSSR count). The van der Waals surface area contributed by atoms with Crippen LogP contribution in [0.5, 0.6) is 0 Å². The van der Waals surface area contributed by atoms with Gasteiger partial charge in [-0.15, -0.1) is 0 Å². The summed E-state index contributed by atoms with van der Waals surface area (Å²) in [5, 5.41) is 0.387. The second-order valence-electron chi connectivity index (χ2n) is 5.81. The molecule has 0 heterocycles.